The molecule has 1 saturated carbocycles. The number of nitrogens with zero attached hydrogens (tertiary/aromatic N) is 3. The van der Waals surface area contributed by atoms with E-state index in [1.807, 2.05) is 24.3 Å². The Kier molecular flexibility index (Phi) is 5.43. The number of fused-ring (bicyclic) bond motifs is 1. The van der Waals surface area contributed by atoms with Crippen LogP contribution in [0.4, 0.5) is 5.13 Å². The molecule has 1 aliphatic heterocycles. The maximum Gasteiger partial charge on any atom is 0.233 e. The largest absolute Gasteiger partial charge is 0.345 e. The van der Waals surface area contributed by atoms with Gasteiger partial charge in [0.15, 0.2) is 5.13 Å². The number of hydrogen-bond acceptors (Lipinski definition) is 4. The van der Waals surface area contributed by atoms with E-state index in [1.165, 1.54) is 15.8 Å². The molecule has 31 heavy (non-hydrogen) atoms. The minimum Gasteiger partial charge on any atom is -0.345 e. The molecule has 1 saturated heterocycles. The minimum absolute atomic E-state index is 0.294. The van der Waals surface area contributed by atoms with Crippen LogP contribution in [0.2, 0.25) is 5.02 Å². The predicted octanol–water partition coefficient (Wildman–Crippen LogP) is 5.73. The zero-order chi connectivity index (χ0) is 21.6. The second kappa shape index (κ2) is 8.10. The second-order valence-electron chi connectivity index (χ2n) is 9.00. The Morgan fingerprint density at radius 1 is 1.03 bits per heavy atom. The summed E-state index contributed by atoms with van der Waals surface area (Å²) in [4.78, 5) is 23.1. The van der Waals surface area contributed by atoms with Crippen LogP contribution >= 0.6 is 22.9 Å². The van der Waals surface area contributed by atoms with E-state index in [0.717, 1.165) is 73.1 Å². The van der Waals surface area contributed by atoms with Crippen LogP contribution in [-0.2, 0) is 10.2 Å². The summed E-state index contributed by atoms with van der Waals surface area (Å²) in [7, 11) is 0. The van der Waals surface area contributed by atoms with Crippen LogP contribution in [0.1, 0.15) is 42.4 Å². The van der Waals surface area contributed by atoms with Gasteiger partial charge in [-0.1, -0.05) is 54.0 Å². The maximum atomic E-state index is 13.7. The molecule has 0 spiro atoms. The number of thiazole rings is 1. The van der Waals surface area contributed by atoms with Gasteiger partial charge in [-0.2, -0.15) is 0 Å². The zero-order valence-electron chi connectivity index (χ0n) is 18.2. The van der Waals surface area contributed by atoms with Gasteiger partial charge in [-0.15, -0.1) is 0 Å². The van der Waals surface area contributed by atoms with Gasteiger partial charge in [0.1, 0.15) is 0 Å². The van der Waals surface area contributed by atoms with E-state index in [0.29, 0.717) is 5.91 Å². The van der Waals surface area contributed by atoms with Crippen LogP contribution in [0.5, 0.6) is 0 Å². The number of hydrogen-bond donors (Lipinski definition) is 0. The summed E-state index contributed by atoms with van der Waals surface area (Å²) in [5.41, 5.74) is 4.37. The van der Waals surface area contributed by atoms with Crippen molar-refractivity contribution in [2.75, 3.05) is 31.1 Å². The van der Waals surface area contributed by atoms with Crippen molar-refractivity contribution in [2.24, 2.45) is 0 Å². The Morgan fingerprint density at radius 3 is 2.39 bits per heavy atom. The topological polar surface area (TPSA) is 36.4 Å². The average molecular weight is 454 g/mol. The molecular formula is C25H28ClN3OS. The molecule has 0 unspecified atom stereocenters. The lowest BCUT2D eigenvalue weighted by Crippen LogP contribution is -2.54. The van der Waals surface area contributed by atoms with Crippen LogP contribution in [0.15, 0.2) is 36.4 Å². The van der Waals surface area contributed by atoms with E-state index in [-0.39, 0.29) is 5.41 Å². The van der Waals surface area contributed by atoms with E-state index in [2.05, 4.69) is 35.8 Å². The van der Waals surface area contributed by atoms with Gasteiger partial charge in [0, 0.05) is 31.2 Å². The van der Waals surface area contributed by atoms with Crippen molar-refractivity contribution >= 4 is 44.2 Å². The molecule has 6 heteroatoms. The Morgan fingerprint density at radius 2 is 1.71 bits per heavy atom. The highest BCUT2D eigenvalue weighted by Gasteiger charge is 2.45. The van der Waals surface area contributed by atoms with Crippen molar-refractivity contribution in [2.45, 2.75) is 44.9 Å². The maximum absolute atomic E-state index is 13.7. The van der Waals surface area contributed by atoms with Gasteiger partial charge in [-0.3, -0.25) is 4.79 Å². The molecule has 2 heterocycles. The number of rotatable bonds is 3. The average Bonchev–Trinajstić information content (AvgIpc) is 3.42. The molecule has 0 N–H and O–H groups in total. The highest BCUT2D eigenvalue weighted by molar-refractivity contribution is 7.22. The molecule has 2 aliphatic rings. The normalized spacial score (nSPS) is 18.7. The third-order valence-electron chi connectivity index (χ3n) is 6.91. The smallest absolute Gasteiger partial charge is 0.233 e. The van der Waals surface area contributed by atoms with Gasteiger partial charge in [0.05, 0.1) is 15.6 Å². The van der Waals surface area contributed by atoms with Gasteiger partial charge in [0.25, 0.3) is 0 Å². The summed E-state index contributed by atoms with van der Waals surface area (Å²) in [6.45, 7) is 7.45. The molecule has 1 aliphatic carbocycles. The van der Waals surface area contributed by atoms with Gasteiger partial charge < -0.3 is 9.80 Å². The Labute approximate surface area is 192 Å². The van der Waals surface area contributed by atoms with Crippen LogP contribution in [0.3, 0.4) is 0 Å². The van der Waals surface area contributed by atoms with Crippen molar-refractivity contribution in [3.63, 3.8) is 0 Å². The first-order valence-corrected chi connectivity index (χ1v) is 12.3. The standard InChI is InChI=1S/C25H28ClN3OS/c1-17-15-18(2)22-21(16-17)27-24(31-22)29-13-11-28(12-14-29)23(30)25(9-3-4-10-25)19-5-7-20(26)8-6-19/h5-8,15-16H,3-4,9-14H2,1-2H3. The zero-order valence-corrected chi connectivity index (χ0v) is 19.7. The molecule has 0 bridgehead atoms. The Hall–Kier alpha value is -2.11. The van der Waals surface area contributed by atoms with Crippen LogP contribution in [-0.4, -0.2) is 42.0 Å². The summed E-state index contributed by atoms with van der Waals surface area (Å²) in [6, 6.07) is 12.3. The first-order chi connectivity index (χ1) is 15.0. The van der Waals surface area contributed by atoms with E-state index in [9.17, 15) is 4.79 Å². The number of halogens is 1. The molecule has 5 rings (SSSR count). The molecule has 3 aromatic rings. The van der Waals surface area contributed by atoms with Gasteiger partial charge in [-0.05, 0) is 61.6 Å². The van der Waals surface area contributed by atoms with Crippen molar-refractivity contribution in [3.05, 3.63) is 58.1 Å². The van der Waals surface area contributed by atoms with E-state index >= 15 is 0 Å². The molecular weight excluding hydrogens is 426 g/mol. The van der Waals surface area contributed by atoms with Gasteiger partial charge in [0.2, 0.25) is 5.91 Å². The van der Waals surface area contributed by atoms with Crippen LogP contribution in [0, 0.1) is 13.8 Å². The highest BCUT2D eigenvalue weighted by atomic mass is 35.5. The van der Waals surface area contributed by atoms with Crippen LogP contribution < -0.4 is 4.90 Å². The van der Waals surface area contributed by atoms with Crippen molar-refractivity contribution in [1.82, 2.24) is 9.88 Å². The summed E-state index contributed by atoms with van der Waals surface area (Å²) >= 11 is 7.88. The molecule has 4 nitrogen and oxygen atoms in total. The second-order valence-corrected chi connectivity index (χ2v) is 10.4. The number of amides is 1. The minimum atomic E-state index is -0.378. The summed E-state index contributed by atoms with van der Waals surface area (Å²) in [5.74, 6) is 0.294. The first-order valence-electron chi connectivity index (χ1n) is 11.1. The monoisotopic (exact) mass is 453 g/mol. The lowest BCUT2D eigenvalue weighted by atomic mass is 9.77. The number of benzene rings is 2. The van der Waals surface area contributed by atoms with Gasteiger partial charge >= 0.3 is 0 Å². The summed E-state index contributed by atoms with van der Waals surface area (Å²) in [5, 5.41) is 1.79. The first kappa shape index (κ1) is 20.8. The SMILES string of the molecule is Cc1cc(C)c2sc(N3CCN(C(=O)C4(c5ccc(Cl)cc5)CCCC4)CC3)nc2c1. The van der Waals surface area contributed by atoms with Crippen LogP contribution in [0.25, 0.3) is 10.2 Å². The molecule has 0 atom stereocenters. The molecule has 162 valence electrons. The lowest BCUT2D eigenvalue weighted by molar-refractivity contribution is -0.137. The molecule has 2 aromatic carbocycles. The Balaban J connectivity index is 1.33. The lowest BCUT2D eigenvalue weighted by Gasteiger charge is -2.40. The van der Waals surface area contributed by atoms with Crippen molar-refractivity contribution in [3.8, 4) is 0 Å². The molecule has 1 aromatic heterocycles. The highest BCUT2D eigenvalue weighted by Crippen LogP contribution is 2.43. The Bertz CT molecular complexity index is 1110. The number of anilines is 1. The van der Waals surface area contributed by atoms with Crippen molar-refractivity contribution in [1.29, 1.82) is 0 Å². The summed E-state index contributed by atoms with van der Waals surface area (Å²) in [6.07, 6.45) is 4.09. The fourth-order valence-corrected chi connectivity index (χ4v) is 6.47. The fraction of sp³-hybridized carbons (Fsp3) is 0.440. The molecule has 2 fully saturated rings. The van der Waals surface area contributed by atoms with Gasteiger partial charge in [-0.25, -0.2) is 4.98 Å². The number of carbonyl (C=O) groups is 1. The number of piperazine rings is 1. The quantitative estimate of drug-likeness (QED) is 0.508. The fourth-order valence-electron chi connectivity index (χ4n) is 5.28. The number of aryl methyl sites for hydroxylation is 2. The van der Waals surface area contributed by atoms with E-state index in [1.54, 1.807) is 11.3 Å². The van der Waals surface area contributed by atoms with E-state index < -0.39 is 0 Å². The van der Waals surface area contributed by atoms with Crippen molar-refractivity contribution < 1.29 is 4.79 Å². The summed E-state index contributed by atoms with van der Waals surface area (Å²) < 4.78 is 1.27. The number of carbonyl (C=O) groups excluding carboxylic acids is 1. The van der Waals surface area contributed by atoms with E-state index in [4.69, 9.17) is 16.6 Å². The third kappa shape index (κ3) is 3.72. The molecule has 1 amide bonds. The predicted molar refractivity (Wildman–Crippen MR) is 129 cm³/mol. The number of aromatic nitrogens is 1. The molecule has 0 radical (unpaired) electrons. The third-order valence-corrected chi connectivity index (χ3v) is 8.43.